The van der Waals surface area contributed by atoms with E-state index in [1.165, 1.54) is 0 Å². The molecule has 1 aromatic rings. The van der Waals surface area contributed by atoms with E-state index >= 15 is 0 Å². The average molecular weight is 447 g/mol. The van der Waals surface area contributed by atoms with Crippen LogP contribution in [0.4, 0.5) is 4.79 Å². The fourth-order valence-corrected chi connectivity index (χ4v) is 4.49. The molecule has 1 aromatic heterocycles. The van der Waals surface area contributed by atoms with Crippen LogP contribution in [0.25, 0.3) is 0 Å². The van der Waals surface area contributed by atoms with Crippen LogP contribution in [0.5, 0.6) is 0 Å². The highest BCUT2D eigenvalue weighted by atomic mass is 16.2. The second kappa shape index (κ2) is 10.1. The Hall–Kier alpha value is -2.91. The first-order chi connectivity index (χ1) is 15.3. The Morgan fingerprint density at radius 3 is 2.62 bits per heavy atom. The number of aromatic amines is 1. The molecule has 0 bridgehead atoms. The maximum Gasteiger partial charge on any atom is 0.325 e. The summed E-state index contributed by atoms with van der Waals surface area (Å²) in [6.07, 6.45) is 7.18. The van der Waals surface area contributed by atoms with Gasteiger partial charge in [-0.15, -0.1) is 0 Å². The molecule has 0 radical (unpaired) electrons. The van der Waals surface area contributed by atoms with Gasteiger partial charge in [-0.25, -0.2) is 4.79 Å². The standard InChI is InChI=1S/C22H34N6O4/c1-4-22(5-2)20(31)28(21(32)26-22)14-19(30)27-13-17(7-6-15(27)3)10-23-18(29)9-8-16-11-24-25-12-16/h11-12,15,17H,4-10,13-14H2,1-3H3,(H,23,29)(H,24,25)(H,26,32). The van der Waals surface area contributed by atoms with Gasteiger partial charge in [-0.2, -0.15) is 5.10 Å². The number of nitrogens with zero attached hydrogens (tertiary/aromatic N) is 3. The SMILES string of the molecule is CCC1(CC)NC(=O)N(CC(=O)N2CC(CNC(=O)CCc3cn[nH]c3)CCC2C)C1=O. The molecule has 2 atom stereocenters. The van der Waals surface area contributed by atoms with Crippen molar-refractivity contribution >= 4 is 23.8 Å². The molecule has 2 saturated heterocycles. The zero-order chi connectivity index (χ0) is 23.3. The van der Waals surface area contributed by atoms with E-state index < -0.39 is 11.6 Å². The highest BCUT2D eigenvalue weighted by Gasteiger charge is 2.49. The number of imide groups is 1. The predicted octanol–water partition coefficient (Wildman–Crippen LogP) is 1.20. The van der Waals surface area contributed by atoms with Gasteiger partial charge >= 0.3 is 6.03 Å². The van der Waals surface area contributed by atoms with E-state index in [4.69, 9.17) is 0 Å². The van der Waals surface area contributed by atoms with Crippen LogP contribution in [0.1, 0.15) is 58.4 Å². The summed E-state index contributed by atoms with van der Waals surface area (Å²) in [5.74, 6) is -0.453. The van der Waals surface area contributed by atoms with Gasteiger partial charge in [-0.3, -0.25) is 24.4 Å². The lowest BCUT2D eigenvalue weighted by Crippen LogP contribution is -2.52. The minimum atomic E-state index is -0.909. The van der Waals surface area contributed by atoms with E-state index in [0.717, 1.165) is 23.3 Å². The van der Waals surface area contributed by atoms with Gasteiger partial charge in [0, 0.05) is 31.7 Å². The first-order valence-electron chi connectivity index (χ1n) is 11.5. The van der Waals surface area contributed by atoms with Crippen LogP contribution in [0.3, 0.4) is 0 Å². The Bertz CT molecular complexity index is 835. The number of carbonyl (C=O) groups excluding carboxylic acids is 4. The molecule has 2 fully saturated rings. The molecular weight excluding hydrogens is 412 g/mol. The van der Waals surface area contributed by atoms with Crippen LogP contribution >= 0.6 is 0 Å². The number of piperidine rings is 1. The lowest BCUT2D eigenvalue weighted by molar-refractivity contribution is -0.141. The molecular formula is C22H34N6O4. The average Bonchev–Trinajstić information content (AvgIpc) is 3.39. The number of rotatable bonds is 9. The number of aryl methyl sites for hydroxylation is 1. The van der Waals surface area contributed by atoms with Gasteiger partial charge < -0.3 is 15.5 Å². The molecule has 3 rings (SSSR count). The lowest BCUT2D eigenvalue weighted by atomic mass is 9.92. The summed E-state index contributed by atoms with van der Waals surface area (Å²) in [4.78, 5) is 53.2. The minimum Gasteiger partial charge on any atom is -0.356 e. The van der Waals surface area contributed by atoms with Gasteiger partial charge in [0.15, 0.2) is 0 Å². The molecule has 176 valence electrons. The summed E-state index contributed by atoms with van der Waals surface area (Å²) in [6, 6.07) is -0.475. The van der Waals surface area contributed by atoms with E-state index in [1.807, 2.05) is 20.8 Å². The smallest absolute Gasteiger partial charge is 0.325 e. The Balaban J connectivity index is 1.51. The van der Waals surface area contributed by atoms with Crippen LogP contribution in [-0.2, 0) is 20.8 Å². The van der Waals surface area contributed by atoms with Crippen molar-refractivity contribution in [3.8, 4) is 0 Å². The summed E-state index contributed by atoms with van der Waals surface area (Å²) in [5, 5.41) is 12.3. The second-order valence-electron chi connectivity index (χ2n) is 8.86. The van der Waals surface area contributed by atoms with Crippen molar-refractivity contribution in [1.82, 2.24) is 30.6 Å². The number of nitrogens with one attached hydrogen (secondary N) is 3. The molecule has 0 aromatic carbocycles. The quantitative estimate of drug-likeness (QED) is 0.491. The number of hydrogen-bond donors (Lipinski definition) is 3. The van der Waals surface area contributed by atoms with E-state index in [2.05, 4.69) is 20.8 Å². The monoisotopic (exact) mass is 446 g/mol. The van der Waals surface area contributed by atoms with Gasteiger partial charge in [-0.05, 0) is 50.5 Å². The molecule has 10 nitrogen and oxygen atoms in total. The molecule has 5 amide bonds. The molecule has 0 spiro atoms. The molecule has 0 aliphatic carbocycles. The zero-order valence-corrected chi connectivity index (χ0v) is 19.1. The Kier molecular flexibility index (Phi) is 7.52. The van der Waals surface area contributed by atoms with Crippen LogP contribution in [0, 0.1) is 5.92 Å². The summed E-state index contributed by atoms with van der Waals surface area (Å²) in [5.41, 5.74) is 0.0767. The topological polar surface area (TPSA) is 128 Å². The molecule has 32 heavy (non-hydrogen) atoms. The highest BCUT2D eigenvalue weighted by Crippen LogP contribution is 2.26. The summed E-state index contributed by atoms with van der Waals surface area (Å²) >= 11 is 0. The molecule has 2 aliphatic heterocycles. The van der Waals surface area contributed by atoms with E-state index in [1.54, 1.807) is 17.3 Å². The number of carbonyl (C=O) groups is 4. The Morgan fingerprint density at radius 2 is 2.00 bits per heavy atom. The minimum absolute atomic E-state index is 0.0263. The van der Waals surface area contributed by atoms with Crippen LogP contribution in [0.2, 0.25) is 0 Å². The maximum atomic E-state index is 13.0. The number of urea groups is 1. The van der Waals surface area contributed by atoms with Gasteiger partial charge in [-0.1, -0.05) is 13.8 Å². The van der Waals surface area contributed by atoms with Crippen molar-refractivity contribution in [2.75, 3.05) is 19.6 Å². The maximum absolute atomic E-state index is 13.0. The number of H-pyrrole nitrogens is 1. The van der Waals surface area contributed by atoms with E-state index in [0.29, 0.717) is 38.8 Å². The first kappa shape index (κ1) is 23.7. The Morgan fingerprint density at radius 1 is 1.25 bits per heavy atom. The lowest BCUT2D eigenvalue weighted by Gasteiger charge is -2.38. The Labute approximate surface area is 188 Å². The third-order valence-corrected chi connectivity index (χ3v) is 6.83. The fraction of sp³-hybridized carbons (Fsp3) is 0.682. The molecule has 3 N–H and O–H groups in total. The fourth-order valence-electron chi connectivity index (χ4n) is 4.49. The van der Waals surface area contributed by atoms with Crippen molar-refractivity contribution < 1.29 is 19.2 Å². The number of likely N-dealkylation sites (tertiary alicyclic amines) is 1. The summed E-state index contributed by atoms with van der Waals surface area (Å²) < 4.78 is 0. The van der Waals surface area contributed by atoms with Gasteiger partial charge in [0.25, 0.3) is 5.91 Å². The van der Waals surface area contributed by atoms with Crippen molar-refractivity contribution in [1.29, 1.82) is 0 Å². The van der Waals surface area contributed by atoms with Crippen LogP contribution in [0.15, 0.2) is 12.4 Å². The third kappa shape index (κ3) is 5.11. The number of aromatic nitrogens is 2. The van der Waals surface area contributed by atoms with Crippen LogP contribution < -0.4 is 10.6 Å². The van der Waals surface area contributed by atoms with E-state index in [-0.39, 0.29) is 36.2 Å². The number of amides is 5. The number of hydrogen-bond acceptors (Lipinski definition) is 5. The largest absolute Gasteiger partial charge is 0.356 e. The first-order valence-corrected chi connectivity index (χ1v) is 11.5. The van der Waals surface area contributed by atoms with E-state index in [9.17, 15) is 19.2 Å². The molecule has 2 aliphatic rings. The molecule has 10 heteroatoms. The van der Waals surface area contributed by atoms with Crippen molar-refractivity contribution in [3.05, 3.63) is 18.0 Å². The second-order valence-corrected chi connectivity index (χ2v) is 8.86. The normalized spacial score (nSPS) is 22.7. The van der Waals surface area contributed by atoms with Crippen molar-refractivity contribution in [2.24, 2.45) is 5.92 Å². The van der Waals surface area contributed by atoms with Crippen LogP contribution in [-0.4, -0.2) is 75.0 Å². The predicted molar refractivity (Wildman–Crippen MR) is 117 cm³/mol. The molecule has 2 unspecified atom stereocenters. The van der Waals surface area contributed by atoms with Crippen molar-refractivity contribution in [2.45, 2.75) is 70.9 Å². The highest BCUT2D eigenvalue weighted by molar-refractivity contribution is 6.09. The molecule has 0 saturated carbocycles. The zero-order valence-electron chi connectivity index (χ0n) is 19.1. The van der Waals surface area contributed by atoms with Gasteiger partial charge in [0.05, 0.1) is 6.20 Å². The van der Waals surface area contributed by atoms with Gasteiger partial charge in [0.1, 0.15) is 12.1 Å². The third-order valence-electron chi connectivity index (χ3n) is 6.83. The van der Waals surface area contributed by atoms with Crippen molar-refractivity contribution in [3.63, 3.8) is 0 Å². The molecule has 3 heterocycles. The summed E-state index contributed by atoms with van der Waals surface area (Å²) in [6.45, 7) is 6.44. The summed E-state index contributed by atoms with van der Waals surface area (Å²) in [7, 11) is 0. The van der Waals surface area contributed by atoms with Gasteiger partial charge in [0.2, 0.25) is 11.8 Å².